The molecule has 0 aliphatic carbocycles. The van der Waals surface area contributed by atoms with Gasteiger partial charge >= 0.3 is 0 Å². The highest BCUT2D eigenvalue weighted by Gasteiger charge is 2.10. The summed E-state index contributed by atoms with van der Waals surface area (Å²) in [5, 5.41) is 2.82. The van der Waals surface area contributed by atoms with E-state index in [-0.39, 0.29) is 11.8 Å². The minimum atomic E-state index is -0.160. The van der Waals surface area contributed by atoms with Crippen LogP contribution in [0.15, 0.2) is 30.6 Å². The quantitative estimate of drug-likeness (QED) is 0.808. The lowest BCUT2D eigenvalue weighted by molar-refractivity contribution is -0.124. The number of hydrogen-bond acceptors (Lipinski definition) is 3. The van der Waals surface area contributed by atoms with E-state index in [0.717, 1.165) is 11.3 Å². The highest BCUT2D eigenvalue weighted by Crippen LogP contribution is 2.04. The summed E-state index contributed by atoms with van der Waals surface area (Å²) in [5.41, 5.74) is 7.14. The zero-order valence-corrected chi connectivity index (χ0v) is 9.76. The van der Waals surface area contributed by atoms with Gasteiger partial charge in [-0.25, -0.2) is 4.98 Å². The van der Waals surface area contributed by atoms with Gasteiger partial charge in [0.1, 0.15) is 5.65 Å². The van der Waals surface area contributed by atoms with E-state index < -0.39 is 0 Å². The first kappa shape index (κ1) is 11.6. The smallest absolute Gasteiger partial charge is 0.224 e. The van der Waals surface area contributed by atoms with Crippen molar-refractivity contribution in [1.82, 2.24) is 14.7 Å². The number of pyridine rings is 1. The lowest BCUT2D eigenvalue weighted by Crippen LogP contribution is -2.32. The predicted octanol–water partition coefficient (Wildman–Crippen LogP) is 0.545. The number of nitrogens with two attached hydrogens (primary N) is 1. The van der Waals surface area contributed by atoms with E-state index in [1.807, 2.05) is 35.0 Å². The Morgan fingerprint density at radius 2 is 2.41 bits per heavy atom. The number of hydrogen-bond donors (Lipinski definition) is 2. The van der Waals surface area contributed by atoms with E-state index >= 15 is 0 Å². The summed E-state index contributed by atoms with van der Waals surface area (Å²) in [6.07, 6.45) is 3.83. The zero-order chi connectivity index (χ0) is 12.3. The van der Waals surface area contributed by atoms with Crippen LogP contribution in [0.2, 0.25) is 0 Å². The molecule has 17 heavy (non-hydrogen) atoms. The fourth-order valence-electron chi connectivity index (χ4n) is 1.53. The molecule has 1 unspecified atom stereocenters. The summed E-state index contributed by atoms with van der Waals surface area (Å²) >= 11 is 0. The average Bonchev–Trinajstić information content (AvgIpc) is 2.77. The van der Waals surface area contributed by atoms with Crippen molar-refractivity contribution in [2.24, 2.45) is 11.7 Å². The second-order valence-electron chi connectivity index (χ2n) is 4.05. The molecule has 2 heterocycles. The van der Waals surface area contributed by atoms with Gasteiger partial charge in [0.2, 0.25) is 5.91 Å². The Hall–Kier alpha value is -1.88. The maximum Gasteiger partial charge on any atom is 0.224 e. The van der Waals surface area contributed by atoms with E-state index in [4.69, 9.17) is 5.73 Å². The van der Waals surface area contributed by atoms with Crippen LogP contribution in [0.4, 0.5) is 0 Å². The zero-order valence-electron chi connectivity index (χ0n) is 9.76. The number of aromatic nitrogens is 2. The van der Waals surface area contributed by atoms with E-state index in [9.17, 15) is 4.79 Å². The van der Waals surface area contributed by atoms with Crippen LogP contribution in [-0.4, -0.2) is 21.8 Å². The Morgan fingerprint density at radius 3 is 3.12 bits per heavy atom. The molecule has 2 aromatic rings. The number of carbonyl (C=O) groups excluding carboxylic acids is 1. The first-order valence-electron chi connectivity index (χ1n) is 5.61. The van der Waals surface area contributed by atoms with Crippen molar-refractivity contribution >= 4 is 11.6 Å². The molecule has 90 valence electrons. The molecule has 2 aromatic heterocycles. The summed E-state index contributed by atoms with van der Waals surface area (Å²) in [6, 6.07) is 5.79. The SMILES string of the molecule is CC(CN)C(=O)NCc1cn2ccccc2n1. The molecule has 0 radical (unpaired) electrons. The number of fused-ring (bicyclic) bond motifs is 1. The first-order chi connectivity index (χ1) is 8.20. The van der Waals surface area contributed by atoms with E-state index in [1.165, 1.54) is 0 Å². The number of nitrogens with zero attached hydrogens (tertiary/aromatic N) is 2. The number of nitrogens with one attached hydrogen (secondary N) is 1. The van der Waals surface area contributed by atoms with E-state index in [1.54, 1.807) is 6.92 Å². The maximum absolute atomic E-state index is 11.5. The summed E-state index contributed by atoms with van der Waals surface area (Å²) in [6.45, 7) is 2.60. The molecule has 0 spiro atoms. The van der Waals surface area contributed by atoms with Gasteiger partial charge < -0.3 is 15.5 Å². The van der Waals surface area contributed by atoms with Crippen molar-refractivity contribution < 1.29 is 4.79 Å². The predicted molar refractivity (Wildman–Crippen MR) is 65.3 cm³/mol. The van der Waals surface area contributed by atoms with Gasteiger partial charge in [0, 0.05) is 24.9 Å². The Kier molecular flexibility index (Phi) is 3.39. The second kappa shape index (κ2) is 4.97. The molecule has 0 bridgehead atoms. The third-order valence-corrected chi connectivity index (χ3v) is 2.66. The van der Waals surface area contributed by atoms with Crippen molar-refractivity contribution in [2.75, 3.05) is 6.54 Å². The number of imidazole rings is 1. The number of amides is 1. The molecule has 0 saturated heterocycles. The fraction of sp³-hybridized carbons (Fsp3) is 0.333. The largest absolute Gasteiger partial charge is 0.350 e. The highest BCUT2D eigenvalue weighted by atomic mass is 16.1. The molecular weight excluding hydrogens is 216 g/mol. The Balaban J connectivity index is 2.02. The van der Waals surface area contributed by atoms with Gasteiger partial charge in [-0.1, -0.05) is 13.0 Å². The van der Waals surface area contributed by atoms with Gasteiger partial charge in [0.15, 0.2) is 0 Å². The van der Waals surface area contributed by atoms with Gasteiger partial charge in [-0.15, -0.1) is 0 Å². The van der Waals surface area contributed by atoms with Crippen molar-refractivity contribution in [3.63, 3.8) is 0 Å². The van der Waals surface area contributed by atoms with E-state index in [0.29, 0.717) is 13.1 Å². The molecule has 0 aromatic carbocycles. The Morgan fingerprint density at radius 1 is 1.59 bits per heavy atom. The molecule has 3 N–H and O–H groups in total. The summed E-state index contributed by atoms with van der Waals surface area (Å²) < 4.78 is 1.92. The molecule has 0 aliphatic rings. The van der Waals surface area contributed by atoms with Crippen molar-refractivity contribution in [3.8, 4) is 0 Å². The van der Waals surface area contributed by atoms with Crippen molar-refractivity contribution in [3.05, 3.63) is 36.3 Å². The van der Waals surface area contributed by atoms with Crippen LogP contribution >= 0.6 is 0 Å². The van der Waals surface area contributed by atoms with Crippen LogP contribution < -0.4 is 11.1 Å². The molecule has 5 nitrogen and oxygen atoms in total. The highest BCUT2D eigenvalue weighted by molar-refractivity contribution is 5.78. The third-order valence-electron chi connectivity index (χ3n) is 2.66. The summed E-state index contributed by atoms with van der Waals surface area (Å²) in [4.78, 5) is 15.9. The van der Waals surface area contributed by atoms with E-state index in [2.05, 4.69) is 10.3 Å². The summed E-state index contributed by atoms with van der Waals surface area (Å²) in [5.74, 6) is -0.198. The molecular formula is C12H16N4O. The van der Waals surface area contributed by atoms with Gasteiger partial charge in [-0.3, -0.25) is 4.79 Å². The average molecular weight is 232 g/mol. The van der Waals surface area contributed by atoms with Crippen LogP contribution in [0.25, 0.3) is 5.65 Å². The molecule has 1 atom stereocenters. The molecule has 0 aliphatic heterocycles. The molecule has 1 amide bonds. The van der Waals surface area contributed by atoms with Gasteiger partial charge in [0.05, 0.1) is 12.2 Å². The topological polar surface area (TPSA) is 72.4 Å². The monoisotopic (exact) mass is 232 g/mol. The van der Waals surface area contributed by atoms with Crippen molar-refractivity contribution in [2.45, 2.75) is 13.5 Å². The molecule has 0 saturated carbocycles. The Bertz CT molecular complexity index is 487. The second-order valence-corrected chi connectivity index (χ2v) is 4.05. The number of carbonyl (C=O) groups is 1. The molecule has 0 fully saturated rings. The Labute approximate surface area is 99.6 Å². The van der Waals surface area contributed by atoms with Crippen molar-refractivity contribution in [1.29, 1.82) is 0 Å². The lowest BCUT2D eigenvalue weighted by Gasteiger charge is -2.07. The number of rotatable bonds is 4. The normalized spacial score (nSPS) is 12.6. The standard InChI is InChI=1S/C12H16N4O/c1-9(6-13)12(17)14-7-10-8-16-5-3-2-4-11(16)15-10/h2-5,8-9H,6-7,13H2,1H3,(H,14,17). The summed E-state index contributed by atoms with van der Waals surface area (Å²) in [7, 11) is 0. The van der Waals surface area contributed by atoms with Crippen LogP contribution in [0.5, 0.6) is 0 Å². The minimum absolute atomic E-state index is 0.0374. The van der Waals surface area contributed by atoms with Crippen LogP contribution in [0, 0.1) is 5.92 Å². The molecule has 2 rings (SSSR count). The maximum atomic E-state index is 11.5. The van der Waals surface area contributed by atoms with Gasteiger partial charge in [-0.2, -0.15) is 0 Å². The minimum Gasteiger partial charge on any atom is -0.350 e. The van der Waals surface area contributed by atoms with Gasteiger partial charge in [0.25, 0.3) is 0 Å². The fourth-order valence-corrected chi connectivity index (χ4v) is 1.53. The molecule has 5 heteroatoms. The third kappa shape index (κ3) is 2.62. The van der Waals surface area contributed by atoms with Crippen LogP contribution in [-0.2, 0) is 11.3 Å². The van der Waals surface area contributed by atoms with Gasteiger partial charge in [-0.05, 0) is 12.1 Å². The van der Waals surface area contributed by atoms with Crippen LogP contribution in [0.1, 0.15) is 12.6 Å². The van der Waals surface area contributed by atoms with Crippen LogP contribution in [0.3, 0.4) is 0 Å². The first-order valence-corrected chi connectivity index (χ1v) is 5.61. The lowest BCUT2D eigenvalue weighted by atomic mass is 10.2.